The van der Waals surface area contributed by atoms with Gasteiger partial charge >= 0.3 is 6.03 Å². The molecule has 1 aliphatic heterocycles. The van der Waals surface area contributed by atoms with Gasteiger partial charge in [0.15, 0.2) is 0 Å². The molecule has 0 atom stereocenters. The number of hydrogen-bond donors (Lipinski definition) is 1. The van der Waals surface area contributed by atoms with Gasteiger partial charge in [-0.25, -0.2) is 4.79 Å². The second-order valence-electron chi connectivity index (χ2n) is 2.89. The van der Waals surface area contributed by atoms with Crippen molar-refractivity contribution < 1.29 is 9.59 Å². The predicted octanol–water partition coefficient (Wildman–Crippen LogP) is 1.51. The SMILES string of the molecule is O=C1CN(c2ccccc2Br)C(=O)N1. The molecule has 0 saturated carbocycles. The van der Waals surface area contributed by atoms with Gasteiger partial charge in [-0.3, -0.25) is 15.0 Å². The maximum absolute atomic E-state index is 11.3. The van der Waals surface area contributed by atoms with Crippen LogP contribution >= 0.6 is 15.9 Å². The first kappa shape index (κ1) is 9.21. The van der Waals surface area contributed by atoms with Crippen molar-refractivity contribution in [1.82, 2.24) is 5.32 Å². The monoisotopic (exact) mass is 254 g/mol. The Balaban J connectivity index is 2.36. The smallest absolute Gasteiger partial charge is 0.284 e. The summed E-state index contributed by atoms with van der Waals surface area (Å²) < 4.78 is 0.796. The largest absolute Gasteiger partial charge is 0.329 e. The van der Waals surface area contributed by atoms with Crippen molar-refractivity contribution in [2.45, 2.75) is 0 Å². The van der Waals surface area contributed by atoms with Crippen molar-refractivity contribution in [3.8, 4) is 0 Å². The van der Waals surface area contributed by atoms with E-state index in [1.54, 1.807) is 6.07 Å². The molecule has 1 saturated heterocycles. The predicted molar refractivity (Wildman–Crippen MR) is 55.0 cm³/mol. The molecule has 1 aromatic carbocycles. The molecule has 4 nitrogen and oxygen atoms in total. The topological polar surface area (TPSA) is 49.4 Å². The number of halogens is 1. The number of rotatable bonds is 1. The number of hydrogen-bond acceptors (Lipinski definition) is 2. The number of carbonyl (C=O) groups excluding carboxylic acids is 2. The molecule has 0 spiro atoms. The van der Waals surface area contributed by atoms with Crippen LogP contribution in [0.25, 0.3) is 0 Å². The van der Waals surface area contributed by atoms with E-state index in [0.29, 0.717) is 5.69 Å². The summed E-state index contributed by atoms with van der Waals surface area (Å²) in [6.45, 7) is 0.0848. The van der Waals surface area contributed by atoms with Gasteiger partial charge in [-0.1, -0.05) is 12.1 Å². The molecule has 3 amide bonds. The lowest BCUT2D eigenvalue weighted by Gasteiger charge is -2.14. The summed E-state index contributed by atoms with van der Waals surface area (Å²) in [5.74, 6) is -0.272. The summed E-state index contributed by atoms with van der Waals surface area (Å²) in [5, 5.41) is 2.22. The second kappa shape index (κ2) is 3.42. The number of amides is 3. The minimum absolute atomic E-state index is 0.0848. The lowest BCUT2D eigenvalue weighted by molar-refractivity contribution is -0.117. The molecule has 1 fully saturated rings. The van der Waals surface area contributed by atoms with E-state index in [-0.39, 0.29) is 18.5 Å². The molecule has 72 valence electrons. The average molecular weight is 255 g/mol. The zero-order chi connectivity index (χ0) is 10.1. The third kappa shape index (κ3) is 1.50. The molecule has 1 aromatic rings. The molecule has 1 N–H and O–H groups in total. The standard InChI is InChI=1S/C9H7BrN2O2/c10-6-3-1-2-4-7(6)12-5-8(13)11-9(12)14/h1-4H,5H2,(H,11,13,14). The fourth-order valence-electron chi connectivity index (χ4n) is 1.31. The molecule has 0 aliphatic carbocycles. The van der Waals surface area contributed by atoms with Crippen LogP contribution in [0.15, 0.2) is 28.7 Å². The van der Waals surface area contributed by atoms with E-state index in [1.807, 2.05) is 18.2 Å². The van der Waals surface area contributed by atoms with Gasteiger partial charge in [0, 0.05) is 4.47 Å². The van der Waals surface area contributed by atoms with Crippen molar-refractivity contribution in [3.05, 3.63) is 28.7 Å². The molecular formula is C9H7BrN2O2. The van der Waals surface area contributed by atoms with E-state index in [2.05, 4.69) is 21.2 Å². The van der Waals surface area contributed by atoms with Crippen LogP contribution in [0.1, 0.15) is 0 Å². The minimum atomic E-state index is -0.373. The van der Waals surface area contributed by atoms with Gasteiger partial charge in [0.2, 0.25) is 5.91 Å². The first-order valence-corrected chi connectivity index (χ1v) is 4.83. The average Bonchev–Trinajstić information content (AvgIpc) is 2.46. The highest BCUT2D eigenvalue weighted by atomic mass is 79.9. The molecule has 0 radical (unpaired) electrons. The zero-order valence-electron chi connectivity index (χ0n) is 7.16. The summed E-state index contributed by atoms with van der Waals surface area (Å²) >= 11 is 3.32. The number of para-hydroxylation sites is 1. The molecular weight excluding hydrogens is 248 g/mol. The van der Waals surface area contributed by atoms with E-state index in [0.717, 1.165) is 4.47 Å². The van der Waals surface area contributed by atoms with Crippen LogP contribution in [0.5, 0.6) is 0 Å². The van der Waals surface area contributed by atoms with E-state index in [4.69, 9.17) is 0 Å². The molecule has 0 aromatic heterocycles. The fraction of sp³-hybridized carbons (Fsp3) is 0.111. The minimum Gasteiger partial charge on any atom is -0.284 e. The Labute approximate surface area is 89.0 Å². The molecule has 1 heterocycles. The number of nitrogens with one attached hydrogen (secondary N) is 1. The van der Waals surface area contributed by atoms with E-state index < -0.39 is 0 Å². The summed E-state index contributed by atoms with van der Waals surface area (Å²) in [4.78, 5) is 23.7. The lowest BCUT2D eigenvalue weighted by Crippen LogP contribution is -2.28. The van der Waals surface area contributed by atoms with Gasteiger partial charge in [-0.15, -0.1) is 0 Å². The Morgan fingerprint density at radius 1 is 1.29 bits per heavy atom. The van der Waals surface area contributed by atoms with Gasteiger partial charge in [-0.2, -0.15) is 0 Å². The summed E-state index contributed by atoms with van der Waals surface area (Å²) in [6, 6.07) is 6.90. The maximum atomic E-state index is 11.3. The van der Waals surface area contributed by atoms with Gasteiger partial charge in [0.05, 0.1) is 5.69 Å². The Kier molecular flexibility index (Phi) is 2.25. The van der Waals surface area contributed by atoms with Crippen LogP contribution in [0.4, 0.5) is 10.5 Å². The molecule has 0 bridgehead atoms. The summed E-state index contributed by atoms with van der Waals surface area (Å²) in [5.41, 5.74) is 0.704. The van der Waals surface area contributed by atoms with Crippen LogP contribution in [0.2, 0.25) is 0 Å². The Morgan fingerprint density at radius 2 is 2.00 bits per heavy atom. The van der Waals surface area contributed by atoms with E-state index >= 15 is 0 Å². The quantitative estimate of drug-likeness (QED) is 0.773. The number of carbonyl (C=O) groups is 2. The van der Waals surface area contributed by atoms with Crippen LogP contribution in [-0.2, 0) is 4.79 Å². The number of nitrogens with zero attached hydrogens (tertiary/aromatic N) is 1. The normalized spacial score (nSPS) is 15.9. The van der Waals surface area contributed by atoms with Crippen molar-refractivity contribution in [2.75, 3.05) is 11.4 Å². The van der Waals surface area contributed by atoms with Crippen LogP contribution in [0.3, 0.4) is 0 Å². The van der Waals surface area contributed by atoms with Gasteiger partial charge in [-0.05, 0) is 28.1 Å². The first-order chi connectivity index (χ1) is 6.68. The maximum Gasteiger partial charge on any atom is 0.329 e. The first-order valence-electron chi connectivity index (χ1n) is 4.04. The highest BCUT2D eigenvalue weighted by molar-refractivity contribution is 9.10. The van der Waals surface area contributed by atoms with Crippen molar-refractivity contribution in [3.63, 3.8) is 0 Å². The van der Waals surface area contributed by atoms with Crippen LogP contribution in [-0.4, -0.2) is 18.5 Å². The molecule has 0 unspecified atom stereocenters. The van der Waals surface area contributed by atoms with Gasteiger partial charge < -0.3 is 0 Å². The van der Waals surface area contributed by atoms with Crippen molar-refractivity contribution >= 4 is 33.6 Å². The highest BCUT2D eigenvalue weighted by Gasteiger charge is 2.28. The van der Waals surface area contributed by atoms with Crippen LogP contribution in [0, 0.1) is 0 Å². The Hall–Kier alpha value is -1.36. The Morgan fingerprint density at radius 3 is 2.57 bits per heavy atom. The molecule has 14 heavy (non-hydrogen) atoms. The summed E-state index contributed by atoms with van der Waals surface area (Å²) in [6.07, 6.45) is 0. The molecule has 5 heteroatoms. The van der Waals surface area contributed by atoms with E-state index in [9.17, 15) is 9.59 Å². The molecule has 2 rings (SSSR count). The number of imide groups is 1. The summed E-state index contributed by atoms with van der Waals surface area (Å²) in [7, 11) is 0. The molecule has 1 aliphatic rings. The van der Waals surface area contributed by atoms with Crippen molar-refractivity contribution in [2.24, 2.45) is 0 Å². The van der Waals surface area contributed by atoms with Crippen LogP contribution < -0.4 is 10.2 Å². The fourth-order valence-corrected chi connectivity index (χ4v) is 1.81. The highest BCUT2D eigenvalue weighted by Crippen LogP contribution is 2.26. The third-order valence-electron chi connectivity index (χ3n) is 1.94. The number of urea groups is 1. The second-order valence-corrected chi connectivity index (χ2v) is 3.75. The lowest BCUT2D eigenvalue weighted by atomic mass is 10.3. The Bertz CT molecular complexity index is 406. The van der Waals surface area contributed by atoms with E-state index in [1.165, 1.54) is 4.90 Å². The van der Waals surface area contributed by atoms with Gasteiger partial charge in [0.1, 0.15) is 6.54 Å². The number of anilines is 1. The van der Waals surface area contributed by atoms with Gasteiger partial charge in [0.25, 0.3) is 0 Å². The third-order valence-corrected chi connectivity index (χ3v) is 2.61. The number of benzene rings is 1. The zero-order valence-corrected chi connectivity index (χ0v) is 8.74. The van der Waals surface area contributed by atoms with Crippen molar-refractivity contribution in [1.29, 1.82) is 0 Å².